The van der Waals surface area contributed by atoms with Crippen LogP contribution in [-0.4, -0.2) is 88.6 Å². The number of aliphatic hydroxyl groups is 1. The first-order chi connectivity index (χ1) is 24.0. The number of hydrogen-bond donors (Lipinski definition) is 1. The third-order valence-corrected chi connectivity index (χ3v) is 11.4. The van der Waals surface area contributed by atoms with Crippen molar-refractivity contribution in [3.8, 4) is 0 Å². The van der Waals surface area contributed by atoms with Crippen LogP contribution in [0.1, 0.15) is 62.8 Å². The Morgan fingerprint density at radius 3 is 2.34 bits per heavy atom. The largest absolute Gasteiger partial charge is 0.455 e. The Morgan fingerprint density at radius 2 is 1.68 bits per heavy atom. The Kier molecular flexibility index (Phi) is 10.1. The highest BCUT2D eigenvalue weighted by Crippen LogP contribution is 2.57. The van der Waals surface area contributed by atoms with Crippen LogP contribution in [-0.2, 0) is 28.7 Å². The number of fused-ring (bicyclic) bond motifs is 2. The molecule has 9 atom stereocenters. The molecule has 0 saturated carbocycles. The van der Waals surface area contributed by atoms with E-state index in [0.29, 0.717) is 18.4 Å². The zero-order valence-electron chi connectivity index (χ0n) is 29.8. The zero-order chi connectivity index (χ0) is 35.9. The number of likely N-dealkylation sites (tertiary alicyclic amines) is 1. The van der Waals surface area contributed by atoms with Crippen molar-refractivity contribution in [1.82, 2.24) is 9.80 Å². The number of para-hydroxylation sites is 1. The number of aryl methyl sites for hydroxylation is 2. The van der Waals surface area contributed by atoms with Crippen molar-refractivity contribution in [2.75, 3.05) is 25.1 Å². The summed E-state index contributed by atoms with van der Waals surface area (Å²) in [4.78, 5) is 62.9. The first-order valence-electron chi connectivity index (χ1n) is 17.8. The molecule has 1 spiro atoms. The second kappa shape index (κ2) is 14.2. The lowest BCUT2D eigenvalue weighted by atomic mass is 9.74. The standard InChI is InChI=1S/C40H49N3O7/c1-7-24(2)29(23-44)43-36-38(47)42(34-25(3)15-14-16-26(34)4)22-13-9-12-19-31(45)41(6)27(5)35(28-17-10-8-11-18-28)49-39(48)32-30-20-21-40(36,50-30)33(32)37(43)46/h8-11,13-18,20-21,24,27,29-30,32-33,35-36,44H,7,12,19,22-23H2,1-6H3/b13-9-/t24-,27+,29-,30-,32+,33+,35-,36-,40+/m0/s1. The lowest BCUT2D eigenvalue weighted by molar-refractivity contribution is -0.164. The van der Waals surface area contributed by atoms with Crippen LogP contribution in [0.15, 0.2) is 72.8 Å². The molecule has 2 aromatic rings. The summed E-state index contributed by atoms with van der Waals surface area (Å²) in [6, 6.07) is 12.7. The maximum atomic E-state index is 15.3. The highest BCUT2D eigenvalue weighted by Gasteiger charge is 2.74. The number of amides is 3. The van der Waals surface area contributed by atoms with E-state index in [1.165, 1.54) is 4.90 Å². The van der Waals surface area contributed by atoms with Crippen LogP contribution < -0.4 is 4.90 Å². The van der Waals surface area contributed by atoms with Crippen molar-refractivity contribution in [2.45, 2.75) is 89.8 Å². The van der Waals surface area contributed by atoms with E-state index in [4.69, 9.17) is 9.47 Å². The monoisotopic (exact) mass is 683 g/mol. The molecular weight excluding hydrogens is 634 g/mol. The first kappa shape index (κ1) is 35.5. The topological polar surface area (TPSA) is 117 Å². The van der Waals surface area contributed by atoms with Gasteiger partial charge in [-0.1, -0.05) is 93.1 Å². The lowest BCUT2D eigenvalue weighted by Gasteiger charge is -2.41. The van der Waals surface area contributed by atoms with Crippen LogP contribution >= 0.6 is 0 Å². The maximum Gasteiger partial charge on any atom is 0.313 e. The Balaban J connectivity index is 1.52. The summed E-state index contributed by atoms with van der Waals surface area (Å²) < 4.78 is 13.0. The van der Waals surface area contributed by atoms with Gasteiger partial charge in [-0.3, -0.25) is 19.2 Å². The minimum absolute atomic E-state index is 0.110. The summed E-state index contributed by atoms with van der Waals surface area (Å²) in [6.45, 7) is 9.51. The van der Waals surface area contributed by atoms with Crippen molar-refractivity contribution in [3.63, 3.8) is 0 Å². The fourth-order valence-electron chi connectivity index (χ4n) is 8.40. The van der Waals surface area contributed by atoms with E-state index in [1.54, 1.807) is 29.0 Å². The molecule has 266 valence electrons. The number of hydrogen-bond acceptors (Lipinski definition) is 7. The average molecular weight is 684 g/mol. The molecule has 0 unspecified atom stereocenters. The molecule has 2 fully saturated rings. The highest BCUT2D eigenvalue weighted by atomic mass is 16.6. The van der Waals surface area contributed by atoms with Gasteiger partial charge in [-0.2, -0.15) is 0 Å². The van der Waals surface area contributed by atoms with Crippen LogP contribution in [0.5, 0.6) is 0 Å². The van der Waals surface area contributed by atoms with E-state index in [1.807, 2.05) is 95.3 Å². The van der Waals surface area contributed by atoms with Crippen molar-refractivity contribution in [1.29, 1.82) is 0 Å². The molecular formula is C40H49N3O7. The van der Waals surface area contributed by atoms with Gasteiger partial charge in [-0.25, -0.2) is 0 Å². The molecule has 50 heavy (non-hydrogen) atoms. The predicted molar refractivity (Wildman–Crippen MR) is 189 cm³/mol. The van der Waals surface area contributed by atoms with Gasteiger partial charge in [0.1, 0.15) is 23.7 Å². The Bertz CT molecular complexity index is 1670. The number of esters is 1. The molecule has 3 amide bonds. The number of aliphatic hydroxyl groups excluding tert-OH is 1. The summed E-state index contributed by atoms with van der Waals surface area (Å²) >= 11 is 0. The van der Waals surface area contributed by atoms with Gasteiger partial charge in [0.25, 0.3) is 5.91 Å². The molecule has 4 aliphatic heterocycles. The normalized spacial score (nSPS) is 31.9. The molecule has 10 nitrogen and oxygen atoms in total. The minimum Gasteiger partial charge on any atom is -0.455 e. The number of nitrogens with zero attached hydrogens (tertiary/aromatic N) is 3. The molecule has 4 aliphatic rings. The van der Waals surface area contributed by atoms with Gasteiger partial charge >= 0.3 is 5.97 Å². The number of carbonyl (C=O) groups excluding carboxylic acids is 4. The van der Waals surface area contributed by atoms with E-state index in [9.17, 15) is 19.5 Å². The molecule has 0 aromatic heterocycles. The summed E-state index contributed by atoms with van der Waals surface area (Å²) in [5.41, 5.74) is 1.76. The highest BCUT2D eigenvalue weighted by molar-refractivity contribution is 6.06. The number of allylic oxidation sites excluding steroid dienone is 1. The van der Waals surface area contributed by atoms with E-state index in [2.05, 4.69) is 0 Å². The molecule has 10 heteroatoms. The van der Waals surface area contributed by atoms with Crippen LogP contribution in [0, 0.1) is 31.6 Å². The quantitative estimate of drug-likeness (QED) is 0.348. The molecule has 2 saturated heterocycles. The fourth-order valence-corrected chi connectivity index (χ4v) is 8.40. The minimum atomic E-state index is -1.45. The Hall–Kier alpha value is -4.28. The number of cyclic esters (lactones) is 1. The van der Waals surface area contributed by atoms with Crippen LogP contribution in [0.25, 0.3) is 0 Å². The van der Waals surface area contributed by atoms with E-state index >= 15 is 4.79 Å². The summed E-state index contributed by atoms with van der Waals surface area (Å²) in [5.74, 6) is -3.74. The second-order valence-corrected chi connectivity index (χ2v) is 14.3. The molecule has 4 heterocycles. The van der Waals surface area contributed by atoms with Crippen LogP contribution in [0.4, 0.5) is 5.69 Å². The summed E-state index contributed by atoms with van der Waals surface area (Å²) in [7, 11) is 1.71. The molecule has 0 aliphatic carbocycles. The van der Waals surface area contributed by atoms with Gasteiger partial charge in [0, 0.05) is 25.7 Å². The first-order valence-corrected chi connectivity index (χ1v) is 17.8. The molecule has 0 radical (unpaired) electrons. The third-order valence-electron chi connectivity index (χ3n) is 11.4. The van der Waals surface area contributed by atoms with E-state index in [0.717, 1.165) is 16.8 Å². The molecule has 6 rings (SSSR count). The van der Waals surface area contributed by atoms with Crippen molar-refractivity contribution in [3.05, 3.63) is 89.5 Å². The third kappa shape index (κ3) is 5.86. The predicted octanol–water partition coefficient (Wildman–Crippen LogP) is 4.68. The van der Waals surface area contributed by atoms with Crippen molar-refractivity contribution >= 4 is 29.4 Å². The Morgan fingerprint density at radius 1 is 0.980 bits per heavy atom. The number of rotatable bonds is 6. The number of benzene rings is 2. The van der Waals surface area contributed by atoms with Crippen LogP contribution in [0.2, 0.25) is 0 Å². The van der Waals surface area contributed by atoms with Gasteiger partial charge in [-0.15, -0.1) is 0 Å². The van der Waals surface area contributed by atoms with Gasteiger partial charge in [0.05, 0.1) is 30.7 Å². The van der Waals surface area contributed by atoms with Crippen molar-refractivity contribution < 1.29 is 33.8 Å². The van der Waals surface area contributed by atoms with E-state index in [-0.39, 0.29) is 37.3 Å². The fraction of sp³-hybridized carbons (Fsp3) is 0.500. The average Bonchev–Trinajstić information content (AvgIpc) is 3.76. The molecule has 2 aromatic carbocycles. The smallest absolute Gasteiger partial charge is 0.313 e. The Labute approximate surface area is 294 Å². The number of carbonyl (C=O) groups is 4. The second-order valence-electron chi connectivity index (χ2n) is 14.3. The maximum absolute atomic E-state index is 15.3. The van der Waals surface area contributed by atoms with Gasteiger partial charge in [0.2, 0.25) is 11.8 Å². The van der Waals surface area contributed by atoms with Gasteiger partial charge in [-0.05, 0) is 49.8 Å². The molecule has 1 N–H and O–H groups in total. The van der Waals surface area contributed by atoms with Crippen molar-refractivity contribution in [2.24, 2.45) is 17.8 Å². The number of anilines is 1. The van der Waals surface area contributed by atoms with Crippen LogP contribution in [0.3, 0.4) is 0 Å². The number of likely N-dealkylation sites (N-methyl/N-ethyl adjacent to an activating group) is 1. The molecule has 5 bridgehead atoms. The van der Waals surface area contributed by atoms with Gasteiger partial charge in [0.15, 0.2) is 0 Å². The van der Waals surface area contributed by atoms with E-state index < -0.39 is 59.6 Å². The lowest BCUT2D eigenvalue weighted by Crippen LogP contribution is -2.60. The number of ether oxygens (including phenoxy) is 2. The summed E-state index contributed by atoms with van der Waals surface area (Å²) in [5, 5.41) is 10.8. The van der Waals surface area contributed by atoms with Gasteiger partial charge < -0.3 is 29.3 Å². The SMILES string of the molecule is CC[C@H](C)[C@H](CO)N1C(=O)[C@H]2[C@@H]3C(=O)O[C@H](c4ccccc4)[C@@H](C)N(C)C(=O)CC/C=C\CN(c4c(C)cccc4C)C(=O)[C@H]1[C@@]21C=C[C@@H]3O1. The zero-order valence-corrected chi connectivity index (χ0v) is 29.8. The summed E-state index contributed by atoms with van der Waals surface area (Å²) in [6.07, 6.45) is 7.06.